The van der Waals surface area contributed by atoms with Crippen LogP contribution in [0.4, 0.5) is 0 Å². The molecule has 4 radical (unpaired) electrons. The molecule has 0 saturated heterocycles. The second-order valence-corrected chi connectivity index (χ2v) is 0. The van der Waals surface area contributed by atoms with Crippen LogP contribution in [0.3, 0.4) is 0 Å². The SMILES string of the molecule is [O-2].[O-2].[O-2].[Sb+3].[Sb+3]. The van der Waals surface area contributed by atoms with Crippen molar-refractivity contribution in [1.82, 2.24) is 0 Å². The summed E-state index contributed by atoms with van der Waals surface area (Å²) in [4.78, 5) is 0. The van der Waals surface area contributed by atoms with Gasteiger partial charge in [0.1, 0.15) is 0 Å². The van der Waals surface area contributed by atoms with Gasteiger partial charge in [-0.2, -0.15) is 0 Å². The van der Waals surface area contributed by atoms with Crippen molar-refractivity contribution in [3.05, 3.63) is 0 Å². The monoisotopic (exact) mass is 290 g/mol. The van der Waals surface area contributed by atoms with Gasteiger partial charge in [-0.15, -0.1) is 0 Å². The largest absolute Gasteiger partial charge is 3.00 e. The van der Waals surface area contributed by atoms with Gasteiger partial charge in [0, 0.05) is 0 Å². The second-order valence-electron chi connectivity index (χ2n) is 0. The van der Waals surface area contributed by atoms with E-state index in [-0.39, 0.29) is 65.3 Å². The summed E-state index contributed by atoms with van der Waals surface area (Å²) in [5, 5.41) is 0. The summed E-state index contributed by atoms with van der Waals surface area (Å²) in [5.41, 5.74) is 0. The molecule has 0 aromatic heterocycles. The summed E-state index contributed by atoms with van der Waals surface area (Å²) in [5.74, 6) is 0. The van der Waals surface area contributed by atoms with Gasteiger partial charge in [0.15, 0.2) is 0 Å². The Hall–Kier alpha value is 1.52. The third-order valence-corrected chi connectivity index (χ3v) is 0. The zero-order valence-corrected chi connectivity index (χ0v) is 7.22. The first-order valence-corrected chi connectivity index (χ1v) is 0. The molecule has 0 rings (SSSR count). The summed E-state index contributed by atoms with van der Waals surface area (Å²) in [7, 11) is 0. The van der Waals surface area contributed by atoms with Gasteiger partial charge in [0.2, 0.25) is 0 Å². The standard InChI is InChI=1S/3O.2Sb/q3*-2;2*+3. The average molecular weight is 292 g/mol. The zero-order valence-electron chi connectivity index (χ0n) is 2.12. The van der Waals surface area contributed by atoms with Crippen LogP contribution in [0.1, 0.15) is 0 Å². The molecule has 28 valence electrons. The van der Waals surface area contributed by atoms with Crippen molar-refractivity contribution in [2.75, 3.05) is 0 Å². The first kappa shape index (κ1) is 86.2. The van der Waals surface area contributed by atoms with E-state index < -0.39 is 0 Å². The molecular formula is O3Sb2. The van der Waals surface area contributed by atoms with Crippen LogP contribution < -0.4 is 0 Å². The smallest absolute Gasteiger partial charge is 2.00 e. The van der Waals surface area contributed by atoms with Crippen molar-refractivity contribution < 1.29 is 16.4 Å². The summed E-state index contributed by atoms with van der Waals surface area (Å²) in [6, 6.07) is 0. The predicted octanol–water partition coefficient (Wildman–Crippen LogP) is -1.12. The molecule has 0 atom stereocenters. The predicted molar refractivity (Wildman–Crippen MR) is 13.6 cm³/mol. The normalized spacial score (nSPS) is 0. The van der Waals surface area contributed by atoms with Crippen molar-refractivity contribution in [2.45, 2.75) is 0 Å². The molecule has 0 aliphatic heterocycles. The molecule has 5 heteroatoms. The molecule has 0 spiro atoms. The summed E-state index contributed by atoms with van der Waals surface area (Å²) in [6.45, 7) is 0. The molecule has 0 bridgehead atoms. The van der Waals surface area contributed by atoms with E-state index in [9.17, 15) is 0 Å². The van der Waals surface area contributed by atoms with E-state index in [4.69, 9.17) is 0 Å². The van der Waals surface area contributed by atoms with Gasteiger partial charge in [-0.05, 0) is 0 Å². The molecule has 0 heterocycles. The average Bonchev–Trinajstić information content (AvgIpc) is 0. The summed E-state index contributed by atoms with van der Waals surface area (Å²) < 4.78 is 0. The Kier molecular flexibility index (Phi) is 844. The van der Waals surface area contributed by atoms with E-state index in [0.717, 1.165) is 0 Å². The van der Waals surface area contributed by atoms with E-state index in [0.29, 0.717) is 0 Å². The van der Waals surface area contributed by atoms with E-state index in [1.54, 1.807) is 0 Å². The van der Waals surface area contributed by atoms with Gasteiger partial charge in [0.05, 0.1) is 0 Å². The number of hydrogen-bond donors (Lipinski definition) is 0. The molecule has 0 amide bonds. The van der Waals surface area contributed by atoms with Crippen LogP contribution in [-0.4, -0.2) is 48.9 Å². The van der Waals surface area contributed by atoms with Crippen LogP contribution >= 0.6 is 0 Å². The minimum Gasteiger partial charge on any atom is -2.00 e. The maximum absolute atomic E-state index is 0. The van der Waals surface area contributed by atoms with Gasteiger partial charge in [-0.1, -0.05) is 0 Å². The van der Waals surface area contributed by atoms with Crippen molar-refractivity contribution in [1.29, 1.82) is 0 Å². The van der Waals surface area contributed by atoms with Gasteiger partial charge < -0.3 is 16.4 Å². The third-order valence-electron chi connectivity index (χ3n) is 0. The van der Waals surface area contributed by atoms with E-state index in [2.05, 4.69) is 0 Å². The molecule has 0 aliphatic carbocycles. The van der Waals surface area contributed by atoms with Gasteiger partial charge in [-0.3, -0.25) is 0 Å². The van der Waals surface area contributed by atoms with Crippen LogP contribution in [0.25, 0.3) is 0 Å². The first-order valence-electron chi connectivity index (χ1n) is 0. The Morgan fingerprint density at radius 2 is 0.400 bits per heavy atom. The summed E-state index contributed by atoms with van der Waals surface area (Å²) in [6.07, 6.45) is 0. The second kappa shape index (κ2) is 48.9. The molecule has 0 unspecified atom stereocenters. The molecule has 0 N–H and O–H groups in total. The number of hydrogen-bond acceptors (Lipinski definition) is 0. The quantitative estimate of drug-likeness (QED) is 0.507. The molecule has 0 aromatic rings. The minimum atomic E-state index is 0. The Morgan fingerprint density at radius 1 is 0.400 bits per heavy atom. The molecule has 3 nitrogen and oxygen atoms in total. The first-order chi connectivity index (χ1) is 0. The number of rotatable bonds is 0. The van der Waals surface area contributed by atoms with Gasteiger partial charge in [0.25, 0.3) is 0 Å². The van der Waals surface area contributed by atoms with Gasteiger partial charge in [-0.25, -0.2) is 0 Å². The van der Waals surface area contributed by atoms with Gasteiger partial charge >= 0.3 is 48.9 Å². The molecule has 0 fully saturated rings. The maximum Gasteiger partial charge on any atom is 3.00 e. The fraction of sp³-hybridized carbons (Fsp3) is 0. The van der Waals surface area contributed by atoms with E-state index >= 15 is 0 Å². The van der Waals surface area contributed by atoms with Crippen molar-refractivity contribution in [3.8, 4) is 0 Å². The molecule has 0 aromatic carbocycles. The third kappa shape index (κ3) is 29.7. The van der Waals surface area contributed by atoms with Crippen LogP contribution in [-0.2, 0) is 16.4 Å². The van der Waals surface area contributed by atoms with Crippen LogP contribution in [0, 0.1) is 0 Å². The Morgan fingerprint density at radius 3 is 0.400 bits per heavy atom. The Balaban J connectivity index is 0. The maximum atomic E-state index is 0. The minimum absolute atomic E-state index is 0. The van der Waals surface area contributed by atoms with E-state index in [1.807, 2.05) is 0 Å². The molecular weight excluding hydrogens is 292 g/mol. The molecule has 0 saturated carbocycles. The fourth-order valence-electron chi connectivity index (χ4n) is 0. The van der Waals surface area contributed by atoms with Crippen LogP contribution in [0.5, 0.6) is 0 Å². The van der Waals surface area contributed by atoms with Crippen molar-refractivity contribution in [2.24, 2.45) is 0 Å². The zero-order chi connectivity index (χ0) is 0. The summed E-state index contributed by atoms with van der Waals surface area (Å²) >= 11 is 0. The van der Waals surface area contributed by atoms with Crippen LogP contribution in [0.15, 0.2) is 0 Å². The van der Waals surface area contributed by atoms with Crippen molar-refractivity contribution >= 4 is 48.9 Å². The van der Waals surface area contributed by atoms with Crippen molar-refractivity contribution in [3.63, 3.8) is 0 Å². The molecule has 0 aliphatic rings. The fourth-order valence-corrected chi connectivity index (χ4v) is 0. The topological polar surface area (TPSA) is 85.5 Å². The Labute approximate surface area is 65.0 Å². The molecule has 5 heavy (non-hydrogen) atoms. The van der Waals surface area contributed by atoms with Crippen LogP contribution in [0.2, 0.25) is 0 Å². The Bertz CT molecular complexity index is 4.85. The van der Waals surface area contributed by atoms with E-state index in [1.165, 1.54) is 0 Å².